The number of quaternary nitrogens is 1. The monoisotopic (exact) mass is 386 g/mol. The second-order valence-corrected chi connectivity index (χ2v) is 7.46. The first-order chi connectivity index (χ1) is 12.4. The molecule has 2 amide bonds. The number of imide groups is 1. The maximum Gasteiger partial charge on any atom is 0.528 e. The SMILES string of the molecule is CC(C)(C)OC(=O)[N+]1(C(=O)OCc2ccccc2)CC(F)(F)C[C@H]1C(=O)O. The number of alkyl halides is 2. The highest BCUT2D eigenvalue weighted by Crippen LogP contribution is 2.40. The van der Waals surface area contributed by atoms with Crippen LogP contribution in [0.25, 0.3) is 0 Å². The quantitative estimate of drug-likeness (QED) is 0.799. The first kappa shape index (κ1) is 20.8. The predicted molar refractivity (Wildman–Crippen MR) is 89.0 cm³/mol. The van der Waals surface area contributed by atoms with E-state index in [-0.39, 0.29) is 6.61 Å². The molecule has 0 saturated carbocycles. The van der Waals surface area contributed by atoms with Crippen molar-refractivity contribution in [1.82, 2.24) is 0 Å². The van der Waals surface area contributed by atoms with E-state index in [2.05, 4.69) is 0 Å². The van der Waals surface area contributed by atoms with Crippen molar-refractivity contribution in [3.63, 3.8) is 0 Å². The second-order valence-electron chi connectivity index (χ2n) is 7.46. The number of hydrogen-bond donors (Lipinski definition) is 1. The number of carboxylic acid groups (broad SMARTS) is 1. The Morgan fingerprint density at radius 2 is 1.78 bits per heavy atom. The van der Waals surface area contributed by atoms with E-state index < -0.39 is 53.2 Å². The van der Waals surface area contributed by atoms with Crippen LogP contribution in [0, 0.1) is 0 Å². The van der Waals surface area contributed by atoms with Gasteiger partial charge in [-0.15, -0.1) is 4.48 Å². The van der Waals surface area contributed by atoms with Gasteiger partial charge in [0.25, 0.3) is 0 Å². The van der Waals surface area contributed by atoms with Gasteiger partial charge < -0.3 is 14.6 Å². The van der Waals surface area contributed by atoms with E-state index in [0.717, 1.165) is 0 Å². The Kier molecular flexibility index (Phi) is 5.55. The van der Waals surface area contributed by atoms with E-state index >= 15 is 0 Å². The predicted octanol–water partition coefficient (Wildman–Crippen LogP) is 3.57. The van der Waals surface area contributed by atoms with Gasteiger partial charge in [0, 0.05) is 0 Å². The minimum atomic E-state index is -3.54. The molecule has 1 fully saturated rings. The fraction of sp³-hybridized carbons (Fsp3) is 0.500. The molecule has 0 radical (unpaired) electrons. The minimum absolute atomic E-state index is 0.291. The summed E-state index contributed by atoms with van der Waals surface area (Å²) in [5.74, 6) is -5.24. The zero-order valence-corrected chi connectivity index (χ0v) is 15.3. The van der Waals surface area contributed by atoms with Crippen LogP contribution in [0.3, 0.4) is 0 Å². The van der Waals surface area contributed by atoms with Crippen LogP contribution in [-0.2, 0) is 20.9 Å². The van der Waals surface area contributed by atoms with E-state index in [1.807, 2.05) is 0 Å². The summed E-state index contributed by atoms with van der Waals surface area (Å²) in [5.41, 5.74) is -0.547. The van der Waals surface area contributed by atoms with Gasteiger partial charge in [-0.1, -0.05) is 30.3 Å². The topological polar surface area (TPSA) is 89.9 Å². The summed E-state index contributed by atoms with van der Waals surface area (Å²) in [6.07, 6.45) is -3.91. The third kappa shape index (κ3) is 4.60. The number of halogens is 2. The van der Waals surface area contributed by atoms with E-state index in [4.69, 9.17) is 9.47 Å². The molecule has 0 aromatic heterocycles. The van der Waals surface area contributed by atoms with Crippen molar-refractivity contribution in [1.29, 1.82) is 0 Å². The van der Waals surface area contributed by atoms with E-state index in [1.54, 1.807) is 30.3 Å². The molecule has 1 aromatic carbocycles. The van der Waals surface area contributed by atoms with Gasteiger partial charge in [-0.3, -0.25) is 0 Å². The van der Waals surface area contributed by atoms with Crippen molar-refractivity contribution in [3.8, 4) is 0 Å². The molecular weight excluding hydrogens is 364 g/mol. The summed E-state index contributed by atoms with van der Waals surface area (Å²) < 4.78 is 36.6. The number of benzene rings is 1. The lowest BCUT2D eigenvalue weighted by molar-refractivity contribution is -0.794. The molecule has 1 saturated heterocycles. The summed E-state index contributed by atoms with van der Waals surface area (Å²) >= 11 is 0. The average Bonchev–Trinajstić information content (AvgIpc) is 2.85. The largest absolute Gasteiger partial charge is 0.528 e. The van der Waals surface area contributed by atoms with Crippen LogP contribution in [0.15, 0.2) is 30.3 Å². The number of hydrogen-bond acceptors (Lipinski definition) is 5. The van der Waals surface area contributed by atoms with Crippen LogP contribution in [-0.4, -0.2) is 51.9 Å². The maximum atomic E-state index is 14.1. The van der Waals surface area contributed by atoms with Gasteiger partial charge in [-0.25, -0.2) is 13.6 Å². The van der Waals surface area contributed by atoms with Gasteiger partial charge in [0.1, 0.15) is 12.2 Å². The Morgan fingerprint density at radius 3 is 2.30 bits per heavy atom. The highest BCUT2D eigenvalue weighted by molar-refractivity contribution is 5.84. The number of aliphatic carboxylic acids is 1. The van der Waals surface area contributed by atoms with E-state index in [1.165, 1.54) is 20.8 Å². The van der Waals surface area contributed by atoms with Crippen LogP contribution in [0.4, 0.5) is 18.4 Å². The molecule has 7 nitrogen and oxygen atoms in total. The minimum Gasteiger partial charge on any atom is -0.477 e. The molecule has 1 aliphatic rings. The molecule has 27 heavy (non-hydrogen) atoms. The highest BCUT2D eigenvalue weighted by Gasteiger charge is 2.70. The number of ether oxygens (including phenoxy) is 2. The molecular formula is C18H22F2NO6+. The fourth-order valence-electron chi connectivity index (χ4n) is 2.89. The van der Waals surface area contributed by atoms with Crippen molar-refractivity contribution in [3.05, 3.63) is 35.9 Å². The van der Waals surface area contributed by atoms with Crippen LogP contribution < -0.4 is 0 Å². The molecule has 2 rings (SSSR count). The number of carbonyl (C=O) groups is 3. The Hall–Kier alpha value is -2.55. The van der Waals surface area contributed by atoms with Gasteiger partial charge in [-0.2, -0.15) is 9.59 Å². The van der Waals surface area contributed by atoms with Gasteiger partial charge in [-0.05, 0) is 26.3 Å². The lowest BCUT2D eigenvalue weighted by atomic mass is 10.2. The average molecular weight is 386 g/mol. The number of nitrogens with zero attached hydrogens (tertiary/aromatic N) is 1. The maximum absolute atomic E-state index is 14.1. The van der Waals surface area contributed by atoms with Crippen molar-refractivity contribution in [2.75, 3.05) is 6.54 Å². The van der Waals surface area contributed by atoms with Crippen LogP contribution in [0.5, 0.6) is 0 Å². The molecule has 1 heterocycles. The third-order valence-corrected chi connectivity index (χ3v) is 4.04. The smallest absolute Gasteiger partial charge is 0.477 e. The zero-order valence-electron chi connectivity index (χ0n) is 15.3. The van der Waals surface area contributed by atoms with Gasteiger partial charge in [0.2, 0.25) is 6.04 Å². The summed E-state index contributed by atoms with van der Waals surface area (Å²) in [4.78, 5) is 37.0. The Morgan fingerprint density at radius 1 is 1.19 bits per heavy atom. The molecule has 1 N–H and O–H groups in total. The second kappa shape index (κ2) is 7.22. The molecule has 0 aliphatic carbocycles. The van der Waals surface area contributed by atoms with Crippen LogP contribution >= 0.6 is 0 Å². The van der Waals surface area contributed by atoms with Crippen molar-refractivity contribution < 1.29 is 42.2 Å². The third-order valence-electron chi connectivity index (χ3n) is 4.04. The molecule has 1 aliphatic heterocycles. The summed E-state index contributed by atoms with van der Waals surface area (Å²) in [7, 11) is 0. The van der Waals surface area contributed by atoms with E-state index in [9.17, 15) is 28.3 Å². The Labute approximate surface area is 155 Å². The van der Waals surface area contributed by atoms with Crippen molar-refractivity contribution in [2.45, 2.75) is 51.4 Å². The first-order valence-corrected chi connectivity index (χ1v) is 8.30. The van der Waals surface area contributed by atoms with Gasteiger partial charge in [0.15, 0.2) is 6.54 Å². The number of likely N-dealkylation sites (tertiary alicyclic amines) is 1. The van der Waals surface area contributed by atoms with Crippen molar-refractivity contribution in [2.24, 2.45) is 0 Å². The van der Waals surface area contributed by atoms with Crippen LogP contribution in [0.1, 0.15) is 32.8 Å². The molecule has 1 aromatic rings. The standard InChI is InChI=1S/C18H21F2NO6/c1-17(2,3)27-16(25)21(11-18(19,20)9-13(21)14(22)23)15(24)26-10-12-7-5-4-6-8-12/h4-8,13H,9-11H2,1-3H3/p+1/t13-,21?/m0/s1. The lowest BCUT2D eigenvalue weighted by Gasteiger charge is -2.32. The molecule has 148 valence electrons. The van der Waals surface area contributed by atoms with Gasteiger partial charge >= 0.3 is 24.1 Å². The molecule has 0 bridgehead atoms. The van der Waals surface area contributed by atoms with Gasteiger partial charge in [0.05, 0.1) is 6.42 Å². The van der Waals surface area contributed by atoms with E-state index in [0.29, 0.717) is 5.56 Å². The summed E-state index contributed by atoms with van der Waals surface area (Å²) in [5, 5.41) is 9.40. The summed E-state index contributed by atoms with van der Waals surface area (Å²) in [6, 6.07) is 6.38. The normalized spacial score (nSPS) is 24.3. The zero-order chi connectivity index (χ0) is 20.5. The lowest BCUT2D eigenvalue weighted by Crippen LogP contribution is -2.64. The number of carbonyl (C=O) groups excluding carboxylic acids is 2. The van der Waals surface area contributed by atoms with Crippen LogP contribution in [0.2, 0.25) is 0 Å². The highest BCUT2D eigenvalue weighted by atomic mass is 19.3. The Balaban J connectivity index is 2.38. The Bertz CT molecular complexity index is 731. The molecule has 0 spiro atoms. The number of carboxylic acids is 1. The molecule has 2 atom stereocenters. The number of rotatable bonds is 3. The molecule has 1 unspecified atom stereocenters. The first-order valence-electron chi connectivity index (χ1n) is 8.30. The van der Waals surface area contributed by atoms with Crippen molar-refractivity contribution >= 4 is 18.2 Å². The fourth-order valence-corrected chi connectivity index (χ4v) is 2.89. The summed E-state index contributed by atoms with van der Waals surface area (Å²) in [6.45, 7) is 2.84. The molecule has 9 heteroatoms. The number of amides is 2.